The summed E-state index contributed by atoms with van der Waals surface area (Å²) in [6, 6.07) is 7.59. The lowest BCUT2D eigenvalue weighted by molar-refractivity contribution is 0.347. The van der Waals surface area contributed by atoms with Crippen LogP contribution in [-0.2, 0) is 0 Å². The molecule has 0 spiro atoms. The van der Waals surface area contributed by atoms with E-state index in [9.17, 15) is 4.39 Å². The highest BCUT2D eigenvalue weighted by molar-refractivity contribution is 5.85. The molecule has 1 fully saturated rings. The van der Waals surface area contributed by atoms with Crippen molar-refractivity contribution in [2.75, 3.05) is 13.1 Å². The number of hydrogen-bond donors (Lipinski definition) is 1. The Kier molecular flexibility index (Phi) is 2.91. The van der Waals surface area contributed by atoms with E-state index in [-0.39, 0.29) is 18.2 Å². The van der Waals surface area contributed by atoms with Gasteiger partial charge in [0.1, 0.15) is 5.82 Å². The highest BCUT2D eigenvalue weighted by Gasteiger charge is 2.21. The van der Waals surface area contributed by atoms with Crippen molar-refractivity contribution < 1.29 is 4.39 Å². The third kappa shape index (κ3) is 1.60. The van der Waals surface area contributed by atoms with Crippen molar-refractivity contribution in [3.8, 4) is 0 Å². The van der Waals surface area contributed by atoms with Gasteiger partial charge < -0.3 is 9.88 Å². The molecule has 1 aromatic heterocycles. The molecule has 1 saturated heterocycles. The summed E-state index contributed by atoms with van der Waals surface area (Å²) in [6.45, 7) is 4.11. The molecule has 16 heavy (non-hydrogen) atoms. The molecule has 0 amide bonds. The highest BCUT2D eigenvalue weighted by Crippen LogP contribution is 2.26. The van der Waals surface area contributed by atoms with Crippen molar-refractivity contribution in [3.63, 3.8) is 0 Å². The molecule has 3 rings (SSSR count). The maximum atomic E-state index is 13.1. The van der Waals surface area contributed by atoms with E-state index >= 15 is 0 Å². The lowest BCUT2D eigenvalue weighted by atomic mass is 10.1. The number of fused-ring (bicyclic) bond motifs is 1. The van der Waals surface area contributed by atoms with Crippen LogP contribution in [0.4, 0.5) is 4.39 Å². The predicted molar refractivity (Wildman–Crippen MR) is 65.8 cm³/mol. The number of rotatable bonds is 1. The van der Waals surface area contributed by atoms with Crippen LogP contribution in [-0.4, -0.2) is 17.7 Å². The number of benzene rings is 1. The van der Waals surface area contributed by atoms with E-state index in [2.05, 4.69) is 22.9 Å². The van der Waals surface area contributed by atoms with E-state index in [0.29, 0.717) is 6.04 Å². The SMILES string of the molecule is Cc1cc2cc(F)ccc2n1C1CNC1.Cl. The normalized spacial score (nSPS) is 15.9. The molecule has 0 saturated carbocycles. The molecule has 2 aromatic rings. The van der Waals surface area contributed by atoms with Crippen LogP contribution in [0.2, 0.25) is 0 Å². The first-order valence-corrected chi connectivity index (χ1v) is 5.23. The molecule has 86 valence electrons. The monoisotopic (exact) mass is 240 g/mol. The van der Waals surface area contributed by atoms with Crippen molar-refractivity contribution in [1.29, 1.82) is 0 Å². The largest absolute Gasteiger partial charge is 0.339 e. The maximum Gasteiger partial charge on any atom is 0.123 e. The fraction of sp³-hybridized carbons (Fsp3) is 0.333. The lowest BCUT2D eigenvalue weighted by Crippen LogP contribution is -2.43. The van der Waals surface area contributed by atoms with Crippen LogP contribution in [0.5, 0.6) is 0 Å². The molecule has 0 aliphatic carbocycles. The molecule has 0 atom stereocenters. The Morgan fingerprint density at radius 3 is 2.69 bits per heavy atom. The fourth-order valence-electron chi connectivity index (χ4n) is 2.29. The highest BCUT2D eigenvalue weighted by atomic mass is 35.5. The van der Waals surface area contributed by atoms with Gasteiger partial charge in [-0.1, -0.05) is 0 Å². The zero-order valence-electron chi connectivity index (χ0n) is 9.03. The second kappa shape index (κ2) is 4.07. The van der Waals surface area contributed by atoms with Crippen LogP contribution in [0.15, 0.2) is 24.3 Å². The van der Waals surface area contributed by atoms with E-state index < -0.39 is 0 Å². The Bertz CT molecular complexity index is 517. The number of nitrogens with one attached hydrogen (secondary N) is 1. The minimum absolute atomic E-state index is 0. The molecule has 0 bridgehead atoms. The number of aromatic nitrogens is 1. The molecule has 4 heteroatoms. The van der Waals surface area contributed by atoms with Gasteiger partial charge in [0.2, 0.25) is 0 Å². The number of halogens is 2. The Balaban J connectivity index is 0.000000963. The second-order valence-electron chi connectivity index (χ2n) is 4.17. The van der Waals surface area contributed by atoms with E-state index in [1.54, 1.807) is 6.07 Å². The molecule has 1 N–H and O–H groups in total. The molecule has 0 unspecified atom stereocenters. The van der Waals surface area contributed by atoms with Gasteiger partial charge in [0.15, 0.2) is 0 Å². The number of nitrogens with zero attached hydrogens (tertiary/aromatic N) is 1. The molecule has 1 aliphatic heterocycles. The topological polar surface area (TPSA) is 17.0 Å². The standard InChI is InChI=1S/C12H13FN2.ClH/c1-8-4-9-5-10(13)2-3-12(9)15(8)11-6-14-7-11;/h2-5,11,14H,6-7H2,1H3;1H. The van der Waals surface area contributed by atoms with Gasteiger partial charge in [-0.05, 0) is 31.2 Å². The van der Waals surface area contributed by atoms with Gasteiger partial charge in [-0.15, -0.1) is 12.4 Å². The zero-order valence-corrected chi connectivity index (χ0v) is 9.85. The third-order valence-electron chi connectivity index (χ3n) is 3.12. The van der Waals surface area contributed by atoms with Crippen LogP contribution >= 0.6 is 12.4 Å². The minimum atomic E-state index is -0.161. The van der Waals surface area contributed by atoms with Crippen molar-refractivity contribution in [2.45, 2.75) is 13.0 Å². The Labute approximate surface area is 99.9 Å². The summed E-state index contributed by atoms with van der Waals surface area (Å²) in [5.74, 6) is -0.161. The Morgan fingerprint density at radius 2 is 2.06 bits per heavy atom. The third-order valence-corrected chi connectivity index (χ3v) is 3.12. The molecular formula is C12H14ClFN2. The van der Waals surface area contributed by atoms with E-state index in [4.69, 9.17) is 0 Å². The second-order valence-corrected chi connectivity index (χ2v) is 4.17. The van der Waals surface area contributed by atoms with Gasteiger partial charge in [0, 0.05) is 29.7 Å². The summed E-state index contributed by atoms with van der Waals surface area (Å²) < 4.78 is 15.3. The molecule has 2 heterocycles. The Hall–Kier alpha value is -1.06. The van der Waals surface area contributed by atoms with Crippen LogP contribution in [0.3, 0.4) is 0 Å². The molecular weight excluding hydrogens is 227 g/mol. The first kappa shape index (κ1) is 11.4. The van der Waals surface area contributed by atoms with Gasteiger partial charge >= 0.3 is 0 Å². The summed E-state index contributed by atoms with van der Waals surface area (Å²) in [6.07, 6.45) is 0. The number of aryl methyl sites for hydroxylation is 1. The van der Waals surface area contributed by atoms with Crippen molar-refractivity contribution in [3.05, 3.63) is 35.8 Å². The minimum Gasteiger partial charge on any atom is -0.339 e. The molecule has 1 aromatic carbocycles. The molecule has 1 aliphatic rings. The first-order chi connectivity index (χ1) is 7.25. The molecule has 2 nitrogen and oxygen atoms in total. The van der Waals surface area contributed by atoms with Crippen molar-refractivity contribution in [2.24, 2.45) is 0 Å². The summed E-state index contributed by atoms with van der Waals surface area (Å²) in [5.41, 5.74) is 2.35. The summed E-state index contributed by atoms with van der Waals surface area (Å²) >= 11 is 0. The predicted octanol–water partition coefficient (Wildman–Crippen LogP) is 2.65. The molecule has 0 radical (unpaired) electrons. The quantitative estimate of drug-likeness (QED) is 0.811. The average molecular weight is 241 g/mol. The first-order valence-electron chi connectivity index (χ1n) is 5.23. The van der Waals surface area contributed by atoms with E-state index in [1.807, 2.05) is 6.07 Å². The van der Waals surface area contributed by atoms with Gasteiger partial charge in [0.05, 0.1) is 6.04 Å². The number of hydrogen-bond acceptors (Lipinski definition) is 1. The smallest absolute Gasteiger partial charge is 0.123 e. The summed E-state index contributed by atoms with van der Waals surface area (Å²) in [4.78, 5) is 0. The van der Waals surface area contributed by atoms with Gasteiger partial charge in [-0.25, -0.2) is 4.39 Å². The summed E-state index contributed by atoms with van der Waals surface area (Å²) in [5, 5.41) is 4.26. The van der Waals surface area contributed by atoms with Crippen LogP contribution in [0, 0.1) is 12.7 Å². The fourth-order valence-corrected chi connectivity index (χ4v) is 2.29. The van der Waals surface area contributed by atoms with Gasteiger partial charge in [-0.3, -0.25) is 0 Å². The Morgan fingerprint density at radius 1 is 1.31 bits per heavy atom. The van der Waals surface area contributed by atoms with Crippen LogP contribution in [0.1, 0.15) is 11.7 Å². The lowest BCUT2D eigenvalue weighted by Gasteiger charge is -2.30. The van der Waals surface area contributed by atoms with Crippen molar-refractivity contribution >= 4 is 23.3 Å². The van der Waals surface area contributed by atoms with Crippen LogP contribution < -0.4 is 5.32 Å². The van der Waals surface area contributed by atoms with E-state index in [1.165, 1.54) is 11.8 Å². The average Bonchev–Trinajstić information content (AvgIpc) is 2.40. The summed E-state index contributed by atoms with van der Waals surface area (Å²) in [7, 11) is 0. The van der Waals surface area contributed by atoms with E-state index in [0.717, 1.165) is 24.0 Å². The zero-order chi connectivity index (χ0) is 10.4. The van der Waals surface area contributed by atoms with Gasteiger partial charge in [0.25, 0.3) is 0 Å². The van der Waals surface area contributed by atoms with Crippen molar-refractivity contribution in [1.82, 2.24) is 9.88 Å². The maximum absolute atomic E-state index is 13.1. The van der Waals surface area contributed by atoms with Gasteiger partial charge in [-0.2, -0.15) is 0 Å². The van der Waals surface area contributed by atoms with Crippen LogP contribution in [0.25, 0.3) is 10.9 Å².